The van der Waals surface area contributed by atoms with Crippen LogP contribution in [0.2, 0.25) is 10.0 Å². The van der Waals surface area contributed by atoms with Gasteiger partial charge in [-0.15, -0.1) is 0 Å². The van der Waals surface area contributed by atoms with Gasteiger partial charge in [0, 0.05) is 16.1 Å². The molecule has 9 heteroatoms. The van der Waals surface area contributed by atoms with Gasteiger partial charge in [-0.1, -0.05) is 65.7 Å². The Labute approximate surface area is 199 Å². The van der Waals surface area contributed by atoms with Crippen LogP contribution in [0.25, 0.3) is 33.5 Å². The Bertz CT molecular complexity index is 1330. The fourth-order valence-corrected chi connectivity index (χ4v) is 4.85. The molecule has 2 saturated heterocycles. The van der Waals surface area contributed by atoms with Crippen LogP contribution in [0.1, 0.15) is 0 Å². The maximum absolute atomic E-state index is 9.90. The normalized spacial score (nSPS) is 24.3. The number of aliphatic hydroxyl groups is 1. The minimum absolute atomic E-state index is 0.241. The average Bonchev–Trinajstić information content (AvgIpc) is 3.50. The third-order valence-electron chi connectivity index (χ3n) is 5.99. The van der Waals surface area contributed by atoms with Crippen LogP contribution in [-0.4, -0.2) is 57.7 Å². The molecule has 2 fully saturated rings. The van der Waals surface area contributed by atoms with E-state index in [1.54, 1.807) is 6.07 Å². The minimum Gasteiger partial charge on any atom is -0.456 e. The van der Waals surface area contributed by atoms with Gasteiger partial charge >= 0.3 is 0 Å². The molecule has 2 N–H and O–H groups in total. The van der Waals surface area contributed by atoms with E-state index in [2.05, 4.69) is 15.0 Å². The van der Waals surface area contributed by atoms with E-state index in [1.165, 1.54) is 0 Å². The highest BCUT2D eigenvalue weighted by Crippen LogP contribution is 2.34. The van der Waals surface area contributed by atoms with Crippen LogP contribution >= 0.6 is 23.2 Å². The molecule has 4 heterocycles. The van der Waals surface area contributed by atoms with E-state index in [1.807, 2.05) is 48.5 Å². The Kier molecular flexibility index (Phi) is 5.24. The Morgan fingerprint density at radius 3 is 2.48 bits per heavy atom. The highest BCUT2D eigenvalue weighted by Gasteiger charge is 2.48. The molecule has 4 atom stereocenters. The van der Waals surface area contributed by atoms with Gasteiger partial charge in [-0.25, -0.2) is 4.98 Å². The standard InChI is InChI=1S/C24H19Cl2N3O4/c25-15-4-2-1-3-14(15)12-5-7-13(8-6-12)20-16(26)9-17-23(28-20)29-24(27-17)33-19-11-32-21-18(30)10-31-22(19)21/h1-9,18-19,21-22,30H,10-11H2,(H,27,28,29)/t18-,19-,21-,22-/m1/s1. The van der Waals surface area contributed by atoms with Crippen molar-refractivity contribution in [3.05, 3.63) is 64.6 Å². The molecule has 0 saturated carbocycles. The van der Waals surface area contributed by atoms with E-state index < -0.39 is 6.10 Å². The lowest BCUT2D eigenvalue weighted by molar-refractivity contribution is 0.00706. The Balaban J connectivity index is 1.27. The number of halogens is 2. The van der Waals surface area contributed by atoms with Crippen molar-refractivity contribution in [2.75, 3.05) is 13.2 Å². The molecule has 0 spiro atoms. The van der Waals surface area contributed by atoms with Crippen molar-refractivity contribution in [2.24, 2.45) is 0 Å². The van der Waals surface area contributed by atoms with E-state index in [4.69, 9.17) is 37.4 Å². The predicted octanol–water partition coefficient (Wildman–Crippen LogP) is 4.50. The van der Waals surface area contributed by atoms with Crippen molar-refractivity contribution in [1.29, 1.82) is 0 Å². The van der Waals surface area contributed by atoms with Crippen LogP contribution in [0.5, 0.6) is 6.01 Å². The van der Waals surface area contributed by atoms with Gasteiger partial charge in [-0.05, 0) is 17.7 Å². The van der Waals surface area contributed by atoms with Crippen LogP contribution in [0.3, 0.4) is 0 Å². The number of hydrogen-bond acceptors (Lipinski definition) is 6. The van der Waals surface area contributed by atoms with E-state index in [-0.39, 0.29) is 24.9 Å². The van der Waals surface area contributed by atoms with Crippen molar-refractivity contribution in [2.45, 2.75) is 24.4 Å². The second-order valence-electron chi connectivity index (χ2n) is 8.11. The molecular weight excluding hydrogens is 465 g/mol. The lowest BCUT2D eigenvalue weighted by atomic mass is 10.0. The first kappa shape index (κ1) is 20.9. The zero-order valence-electron chi connectivity index (χ0n) is 17.2. The fraction of sp³-hybridized carbons (Fsp3) is 0.250. The first-order valence-corrected chi connectivity index (χ1v) is 11.3. The second kappa shape index (κ2) is 8.27. The number of imidazole rings is 1. The number of hydrogen-bond donors (Lipinski definition) is 2. The second-order valence-corrected chi connectivity index (χ2v) is 8.92. The minimum atomic E-state index is -0.633. The number of aromatic amines is 1. The summed E-state index contributed by atoms with van der Waals surface area (Å²) < 4.78 is 17.2. The third-order valence-corrected chi connectivity index (χ3v) is 6.61. The molecule has 0 bridgehead atoms. The summed E-state index contributed by atoms with van der Waals surface area (Å²) in [7, 11) is 0. The summed E-state index contributed by atoms with van der Waals surface area (Å²) in [5.41, 5.74) is 4.61. The van der Waals surface area contributed by atoms with E-state index in [0.29, 0.717) is 39.5 Å². The summed E-state index contributed by atoms with van der Waals surface area (Å²) >= 11 is 12.9. The predicted molar refractivity (Wildman–Crippen MR) is 125 cm³/mol. The quantitative estimate of drug-likeness (QED) is 0.443. The molecule has 168 valence electrons. The van der Waals surface area contributed by atoms with Gasteiger partial charge in [0.25, 0.3) is 6.01 Å². The SMILES string of the molecule is O[C@@H]1CO[C@H]2[C@@H]1OC[C@H]2Oc1nc2nc(-c3ccc(-c4ccccc4Cl)cc3)c(Cl)cc2[nH]1. The van der Waals surface area contributed by atoms with Gasteiger partial charge in [-0.3, -0.25) is 0 Å². The maximum atomic E-state index is 9.90. The van der Waals surface area contributed by atoms with Crippen molar-refractivity contribution in [1.82, 2.24) is 15.0 Å². The molecule has 0 aliphatic carbocycles. The molecule has 6 rings (SSSR count). The Morgan fingerprint density at radius 2 is 1.67 bits per heavy atom. The molecule has 2 aromatic heterocycles. The van der Waals surface area contributed by atoms with Gasteiger partial charge in [0.15, 0.2) is 11.8 Å². The highest BCUT2D eigenvalue weighted by atomic mass is 35.5. The number of ether oxygens (including phenoxy) is 3. The monoisotopic (exact) mass is 483 g/mol. The Hall–Kier alpha value is -2.68. The van der Waals surface area contributed by atoms with Gasteiger partial charge in [0.2, 0.25) is 0 Å². The number of aromatic nitrogens is 3. The Morgan fingerprint density at radius 1 is 0.909 bits per heavy atom. The van der Waals surface area contributed by atoms with Crippen LogP contribution in [-0.2, 0) is 9.47 Å². The number of rotatable bonds is 4. The summed E-state index contributed by atoms with van der Waals surface area (Å²) in [6.45, 7) is 0.561. The molecule has 7 nitrogen and oxygen atoms in total. The largest absolute Gasteiger partial charge is 0.456 e. The van der Waals surface area contributed by atoms with Crippen molar-refractivity contribution >= 4 is 34.4 Å². The van der Waals surface area contributed by atoms with Gasteiger partial charge in [-0.2, -0.15) is 4.98 Å². The van der Waals surface area contributed by atoms with Crippen LogP contribution in [0, 0.1) is 0 Å². The number of aliphatic hydroxyl groups excluding tert-OH is 1. The van der Waals surface area contributed by atoms with Gasteiger partial charge in [0.05, 0.1) is 29.4 Å². The van der Waals surface area contributed by atoms with E-state index >= 15 is 0 Å². The summed E-state index contributed by atoms with van der Waals surface area (Å²) in [5.74, 6) is 0. The topological polar surface area (TPSA) is 89.5 Å². The van der Waals surface area contributed by atoms with E-state index in [9.17, 15) is 5.11 Å². The molecule has 0 amide bonds. The van der Waals surface area contributed by atoms with Crippen molar-refractivity contribution in [3.8, 4) is 28.4 Å². The van der Waals surface area contributed by atoms with Crippen LogP contribution in [0.15, 0.2) is 54.6 Å². The summed E-state index contributed by atoms with van der Waals surface area (Å²) in [6.07, 6.45) is -1.68. The molecule has 4 aromatic rings. The first-order valence-electron chi connectivity index (χ1n) is 10.6. The molecule has 2 aromatic carbocycles. The number of pyridine rings is 1. The lowest BCUT2D eigenvalue weighted by Crippen LogP contribution is -2.34. The number of nitrogens with one attached hydrogen (secondary N) is 1. The van der Waals surface area contributed by atoms with Crippen LogP contribution < -0.4 is 4.74 Å². The summed E-state index contributed by atoms with van der Waals surface area (Å²) in [5, 5.41) is 11.1. The molecule has 2 aliphatic heterocycles. The maximum Gasteiger partial charge on any atom is 0.296 e. The number of benzene rings is 2. The van der Waals surface area contributed by atoms with Crippen LogP contribution in [0.4, 0.5) is 0 Å². The van der Waals surface area contributed by atoms with Gasteiger partial charge < -0.3 is 24.3 Å². The van der Waals surface area contributed by atoms with Gasteiger partial charge in [0.1, 0.15) is 18.3 Å². The summed E-state index contributed by atoms with van der Waals surface area (Å²) in [4.78, 5) is 12.2. The molecular formula is C24H19Cl2N3O4. The fourth-order valence-electron chi connectivity index (χ4n) is 4.35. The molecule has 0 unspecified atom stereocenters. The zero-order valence-corrected chi connectivity index (χ0v) is 18.8. The van der Waals surface area contributed by atoms with Crippen molar-refractivity contribution < 1.29 is 19.3 Å². The summed E-state index contributed by atoms with van der Waals surface area (Å²) in [6, 6.07) is 17.7. The lowest BCUT2D eigenvalue weighted by Gasteiger charge is -2.15. The van der Waals surface area contributed by atoms with Crippen molar-refractivity contribution in [3.63, 3.8) is 0 Å². The molecule has 2 aliphatic rings. The number of nitrogens with zero attached hydrogens (tertiary/aromatic N) is 2. The number of H-pyrrole nitrogens is 1. The average molecular weight is 484 g/mol. The smallest absolute Gasteiger partial charge is 0.296 e. The molecule has 33 heavy (non-hydrogen) atoms. The third kappa shape index (κ3) is 3.76. The van der Waals surface area contributed by atoms with E-state index in [0.717, 1.165) is 16.7 Å². The zero-order chi connectivity index (χ0) is 22.5. The number of fused-ring (bicyclic) bond motifs is 2. The molecule has 0 radical (unpaired) electrons. The first-order chi connectivity index (χ1) is 16.1. The highest BCUT2D eigenvalue weighted by molar-refractivity contribution is 6.34.